The molecule has 0 saturated carbocycles. The number of anilines is 1. The average Bonchev–Trinajstić information content (AvgIpc) is 2.56. The molecule has 5 nitrogen and oxygen atoms in total. The summed E-state index contributed by atoms with van der Waals surface area (Å²) >= 11 is 5.82. The van der Waals surface area contributed by atoms with Crippen molar-refractivity contribution in [3.8, 4) is 5.69 Å². The van der Waals surface area contributed by atoms with Gasteiger partial charge in [-0.1, -0.05) is 11.6 Å². The van der Waals surface area contributed by atoms with Crippen LogP contribution < -0.4 is 10.9 Å². The molecule has 0 aliphatic carbocycles. The second-order valence-electron chi connectivity index (χ2n) is 5.24. The number of nitrogens with zero attached hydrogens (tertiary/aromatic N) is 3. The minimum atomic E-state index is -2.33. The van der Waals surface area contributed by atoms with Crippen LogP contribution >= 0.6 is 11.6 Å². The van der Waals surface area contributed by atoms with E-state index in [1.807, 2.05) is 19.0 Å². The van der Waals surface area contributed by atoms with Crippen molar-refractivity contribution in [1.29, 1.82) is 0 Å². The average molecular weight is 383 g/mol. The maximum Gasteiger partial charge on any atom is 0.292 e. The number of nitrogens with one attached hydrogen (secondary N) is 1. The van der Waals surface area contributed by atoms with Gasteiger partial charge in [-0.3, -0.25) is 4.79 Å². The van der Waals surface area contributed by atoms with Crippen molar-refractivity contribution in [2.75, 3.05) is 32.5 Å². The molecule has 1 N–H and O–H groups in total. The lowest BCUT2D eigenvalue weighted by molar-refractivity contribution is 0.373. The first-order valence-electron chi connectivity index (χ1n) is 6.85. The fourth-order valence-corrected chi connectivity index (χ4v) is 2.10. The van der Waals surface area contributed by atoms with E-state index in [2.05, 4.69) is 10.4 Å². The first-order valence-corrected chi connectivity index (χ1v) is 7.22. The van der Waals surface area contributed by atoms with Gasteiger partial charge >= 0.3 is 0 Å². The summed E-state index contributed by atoms with van der Waals surface area (Å²) in [5.41, 5.74) is -2.67. The summed E-state index contributed by atoms with van der Waals surface area (Å²) in [6, 6.07) is 0. The molecule has 0 aliphatic heterocycles. The number of aromatic nitrogens is 2. The molecule has 25 heavy (non-hydrogen) atoms. The number of hydrogen-bond acceptors (Lipinski definition) is 4. The number of likely N-dealkylation sites (N-methyl/N-ethyl adjacent to an activating group) is 1. The monoisotopic (exact) mass is 382 g/mol. The zero-order valence-corrected chi connectivity index (χ0v) is 13.8. The zero-order valence-electron chi connectivity index (χ0n) is 13.0. The first kappa shape index (κ1) is 19.1. The Kier molecular flexibility index (Phi) is 5.63. The zero-order chi connectivity index (χ0) is 18.9. The van der Waals surface area contributed by atoms with E-state index in [-0.39, 0.29) is 10.4 Å². The second-order valence-corrected chi connectivity index (χ2v) is 5.62. The Morgan fingerprint density at radius 1 is 1.08 bits per heavy atom. The van der Waals surface area contributed by atoms with Gasteiger partial charge in [0, 0.05) is 13.1 Å². The molecule has 0 spiro atoms. The van der Waals surface area contributed by atoms with E-state index in [0.717, 1.165) is 6.20 Å². The van der Waals surface area contributed by atoms with Gasteiger partial charge in [0.1, 0.15) is 10.7 Å². The molecule has 1 aromatic carbocycles. The predicted octanol–water partition coefficient (Wildman–Crippen LogP) is 2.55. The Labute approximate surface area is 143 Å². The standard InChI is InChI=1S/C14H12ClF5N4O/c1-23(2)4-3-21-6-5-22-24(14(25)7(6)15)13-11(19)9(17)8(16)10(18)12(13)20/h5,21H,3-4H2,1-2H3. The van der Waals surface area contributed by atoms with Crippen molar-refractivity contribution < 1.29 is 22.0 Å². The number of benzene rings is 1. The SMILES string of the molecule is CN(C)CCNc1cnn(-c2c(F)c(F)c(F)c(F)c2F)c(=O)c1Cl. The van der Waals surface area contributed by atoms with E-state index in [0.29, 0.717) is 13.1 Å². The van der Waals surface area contributed by atoms with Crippen molar-refractivity contribution in [2.24, 2.45) is 0 Å². The fraction of sp³-hybridized carbons (Fsp3) is 0.286. The highest BCUT2D eigenvalue weighted by molar-refractivity contribution is 6.32. The van der Waals surface area contributed by atoms with Crippen LogP contribution in [0.5, 0.6) is 0 Å². The molecule has 1 heterocycles. The van der Waals surface area contributed by atoms with Gasteiger partial charge in [-0.15, -0.1) is 0 Å². The van der Waals surface area contributed by atoms with Crippen LogP contribution in [0.15, 0.2) is 11.0 Å². The van der Waals surface area contributed by atoms with Gasteiger partial charge in [0.2, 0.25) is 5.82 Å². The molecule has 0 fully saturated rings. The van der Waals surface area contributed by atoms with Gasteiger partial charge in [-0.2, -0.15) is 9.78 Å². The highest BCUT2D eigenvalue weighted by Gasteiger charge is 2.28. The Bertz CT molecular complexity index is 842. The second kappa shape index (κ2) is 7.36. The van der Waals surface area contributed by atoms with Crippen molar-refractivity contribution in [3.05, 3.63) is 50.7 Å². The number of halogens is 6. The maximum absolute atomic E-state index is 13.8. The third-order valence-corrected chi connectivity index (χ3v) is 3.56. The Balaban J connectivity index is 2.53. The minimum Gasteiger partial charge on any atom is -0.381 e. The molecule has 0 radical (unpaired) electrons. The Hall–Kier alpha value is -2.20. The van der Waals surface area contributed by atoms with E-state index < -0.39 is 45.4 Å². The minimum absolute atomic E-state index is 0.0235. The van der Waals surface area contributed by atoms with E-state index >= 15 is 0 Å². The third-order valence-electron chi connectivity index (χ3n) is 3.19. The summed E-state index contributed by atoms with van der Waals surface area (Å²) in [5, 5.41) is 5.73. The van der Waals surface area contributed by atoms with Crippen LogP contribution in [0.25, 0.3) is 5.69 Å². The van der Waals surface area contributed by atoms with Crippen LogP contribution in [-0.2, 0) is 0 Å². The van der Waals surface area contributed by atoms with Crippen LogP contribution in [0.3, 0.4) is 0 Å². The van der Waals surface area contributed by atoms with Crippen molar-refractivity contribution >= 4 is 17.3 Å². The van der Waals surface area contributed by atoms with Gasteiger partial charge in [0.15, 0.2) is 23.3 Å². The molecule has 2 aromatic rings. The highest BCUT2D eigenvalue weighted by Crippen LogP contribution is 2.25. The molecule has 11 heteroatoms. The summed E-state index contributed by atoms with van der Waals surface area (Å²) in [6.45, 7) is 0.956. The van der Waals surface area contributed by atoms with Gasteiger partial charge in [-0.25, -0.2) is 22.0 Å². The molecular weight excluding hydrogens is 371 g/mol. The molecule has 0 unspecified atom stereocenters. The number of rotatable bonds is 5. The lowest BCUT2D eigenvalue weighted by atomic mass is 10.2. The van der Waals surface area contributed by atoms with E-state index in [1.54, 1.807) is 0 Å². The van der Waals surface area contributed by atoms with Crippen LogP contribution in [0, 0.1) is 29.1 Å². The lowest BCUT2D eigenvalue weighted by Gasteiger charge is -2.14. The van der Waals surface area contributed by atoms with Crippen LogP contribution in [0.1, 0.15) is 0 Å². The molecular formula is C14H12ClF5N4O. The predicted molar refractivity (Wildman–Crippen MR) is 81.7 cm³/mol. The molecule has 0 bridgehead atoms. The summed E-state index contributed by atoms with van der Waals surface area (Å²) < 4.78 is 67.3. The van der Waals surface area contributed by atoms with E-state index in [9.17, 15) is 26.7 Å². The molecule has 0 amide bonds. The topological polar surface area (TPSA) is 50.2 Å². The first-order chi connectivity index (χ1) is 11.7. The molecule has 0 saturated heterocycles. The van der Waals surface area contributed by atoms with Crippen molar-refractivity contribution in [1.82, 2.24) is 14.7 Å². The van der Waals surface area contributed by atoms with Gasteiger partial charge in [0.25, 0.3) is 5.56 Å². The lowest BCUT2D eigenvalue weighted by Crippen LogP contribution is -2.27. The molecule has 1 aromatic heterocycles. The van der Waals surface area contributed by atoms with Crippen molar-refractivity contribution in [3.63, 3.8) is 0 Å². The summed E-state index contributed by atoms with van der Waals surface area (Å²) in [5.74, 6) is -11.1. The summed E-state index contributed by atoms with van der Waals surface area (Å²) in [7, 11) is 3.62. The van der Waals surface area contributed by atoms with Crippen LogP contribution in [0.4, 0.5) is 27.6 Å². The van der Waals surface area contributed by atoms with Gasteiger partial charge in [-0.05, 0) is 14.1 Å². The van der Waals surface area contributed by atoms with Crippen LogP contribution in [-0.4, -0.2) is 41.9 Å². The highest BCUT2D eigenvalue weighted by atomic mass is 35.5. The quantitative estimate of drug-likeness (QED) is 0.490. The van der Waals surface area contributed by atoms with Crippen LogP contribution in [0.2, 0.25) is 5.02 Å². The summed E-state index contributed by atoms with van der Waals surface area (Å²) in [6.07, 6.45) is 0.956. The van der Waals surface area contributed by atoms with Gasteiger partial charge in [0.05, 0.1) is 11.9 Å². The van der Waals surface area contributed by atoms with E-state index in [1.165, 1.54) is 0 Å². The molecule has 0 aliphatic rings. The molecule has 0 atom stereocenters. The third kappa shape index (κ3) is 3.59. The smallest absolute Gasteiger partial charge is 0.292 e. The van der Waals surface area contributed by atoms with Crippen molar-refractivity contribution in [2.45, 2.75) is 0 Å². The molecule has 2 rings (SSSR count). The largest absolute Gasteiger partial charge is 0.381 e. The number of hydrogen-bond donors (Lipinski definition) is 1. The normalized spacial score (nSPS) is 11.2. The molecule has 136 valence electrons. The van der Waals surface area contributed by atoms with E-state index in [4.69, 9.17) is 11.6 Å². The summed E-state index contributed by atoms with van der Waals surface area (Å²) in [4.78, 5) is 14.0. The Morgan fingerprint density at radius 2 is 1.60 bits per heavy atom. The van der Waals surface area contributed by atoms with Gasteiger partial charge < -0.3 is 10.2 Å². The fourth-order valence-electron chi connectivity index (χ4n) is 1.91. The Morgan fingerprint density at radius 3 is 2.12 bits per heavy atom. The maximum atomic E-state index is 13.8.